The predicted molar refractivity (Wildman–Crippen MR) is 105 cm³/mol. The standard InChI is InChI=1S/C21H23N3O3/c1-4-24(5-2)19-11-9-17(10-12-19)21(26)27-15(3)20(25)23-18-8-6-7-16(13-18)14-22/h6-13,15H,4-5H2,1-3H3,(H,23,25)/t15-/m0/s1. The third-order valence-corrected chi connectivity index (χ3v) is 4.14. The molecule has 0 aliphatic rings. The first-order valence-corrected chi connectivity index (χ1v) is 8.85. The van der Waals surface area contributed by atoms with Crippen molar-refractivity contribution in [3.63, 3.8) is 0 Å². The van der Waals surface area contributed by atoms with Gasteiger partial charge in [0, 0.05) is 24.5 Å². The van der Waals surface area contributed by atoms with Gasteiger partial charge in [0.1, 0.15) is 0 Å². The number of nitriles is 1. The van der Waals surface area contributed by atoms with E-state index in [1.807, 2.05) is 18.2 Å². The van der Waals surface area contributed by atoms with E-state index in [9.17, 15) is 9.59 Å². The van der Waals surface area contributed by atoms with E-state index in [0.717, 1.165) is 18.8 Å². The molecule has 2 rings (SSSR count). The highest BCUT2D eigenvalue weighted by molar-refractivity contribution is 5.97. The van der Waals surface area contributed by atoms with E-state index in [1.165, 1.54) is 6.92 Å². The van der Waals surface area contributed by atoms with Crippen molar-refractivity contribution < 1.29 is 14.3 Å². The number of esters is 1. The lowest BCUT2D eigenvalue weighted by Gasteiger charge is -2.21. The van der Waals surface area contributed by atoms with Crippen molar-refractivity contribution in [2.45, 2.75) is 26.9 Å². The highest BCUT2D eigenvalue weighted by Crippen LogP contribution is 2.16. The molecule has 2 aromatic rings. The molecule has 0 saturated heterocycles. The maximum atomic E-state index is 12.3. The molecule has 0 spiro atoms. The molecular weight excluding hydrogens is 342 g/mol. The van der Waals surface area contributed by atoms with E-state index in [4.69, 9.17) is 10.00 Å². The largest absolute Gasteiger partial charge is 0.449 e. The first-order valence-electron chi connectivity index (χ1n) is 8.85. The molecule has 27 heavy (non-hydrogen) atoms. The summed E-state index contributed by atoms with van der Waals surface area (Å²) in [4.78, 5) is 26.7. The van der Waals surface area contributed by atoms with Crippen LogP contribution in [0.3, 0.4) is 0 Å². The molecular formula is C21H23N3O3. The third kappa shape index (κ3) is 5.32. The Balaban J connectivity index is 1.97. The number of benzene rings is 2. The van der Waals surface area contributed by atoms with Gasteiger partial charge in [-0.1, -0.05) is 6.07 Å². The van der Waals surface area contributed by atoms with E-state index >= 15 is 0 Å². The number of hydrogen-bond acceptors (Lipinski definition) is 5. The molecule has 0 aliphatic heterocycles. The van der Waals surface area contributed by atoms with Crippen LogP contribution >= 0.6 is 0 Å². The molecule has 1 N–H and O–H groups in total. The van der Waals surface area contributed by atoms with Crippen LogP contribution in [0.4, 0.5) is 11.4 Å². The van der Waals surface area contributed by atoms with Gasteiger partial charge in [-0.3, -0.25) is 4.79 Å². The highest BCUT2D eigenvalue weighted by Gasteiger charge is 2.19. The van der Waals surface area contributed by atoms with Crippen LogP contribution < -0.4 is 10.2 Å². The predicted octanol–water partition coefficient (Wildman–Crippen LogP) is 3.59. The lowest BCUT2D eigenvalue weighted by atomic mass is 10.2. The number of ether oxygens (including phenoxy) is 1. The number of nitrogens with one attached hydrogen (secondary N) is 1. The fraction of sp³-hybridized carbons (Fsp3) is 0.286. The first-order chi connectivity index (χ1) is 13.0. The van der Waals surface area contributed by atoms with E-state index in [-0.39, 0.29) is 0 Å². The van der Waals surface area contributed by atoms with Crippen LogP contribution in [-0.4, -0.2) is 31.1 Å². The number of carbonyl (C=O) groups excluding carboxylic acids is 2. The van der Waals surface area contributed by atoms with Gasteiger partial charge in [0.25, 0.3) is 5.91 Å². The molecule has 6 nitrogen and oxygen atoms in total. The van der Waals surface area contributed by atoms with Gasteiger partial charge in [-0.25, -0.2) is 4.79 Å². The number of anilines is 2. The molecule has 2 aromatic carbocycles. The zero-order valence-corrected chi connectivity index (χ0v) is 15.7. The number of rotatable bonds is 7. The second-order valence-corrected chi connectivity index (χ2v) is 5.95. The zero-order valence-electron chi connectivity index (χ0n) is 15.7. The molecule has 140 valence electrons. The summed E-state index contributed by atoms with van der Waals surface area (Å²) in [6.07, 6.45) is -0.967. The lowest BCUT2D eigenvalue weighted by Crippen LogP contribution is -2.30. The van der Waals surface area contributed by atoms with E-state index < -0.39 is 18.0 Å². The number of nitrogens with zero attached hydrogens (tertiary/aromatic N) is 2. The molecule has 6 heteroatoms. The SMILES string of the molecule is CCN(CC)c1ccc(C(=O)O[C@@H](C)C(=O)Nc2cccc(C#N)c2)cc1. The van der Waals surface area contributed by atoms with Gasteiger partial charge >= 0.3 is 5.97 Å². The molecule has 0 saturated carbocycles. The van der Waals surface area contributed by atoms with E-state index in [1.54, 1.807) is 36.4 Å². The molecule has 1 atom stereocenters. The fourth-order valence-corrected chi connectivity index (χ4v) is 2.59. The van der Waals surface area contributed by atoms with Crippen molar-refractivity contribution in [1.29, 1.82) is 5.26 Å². The average Bonchev–Trinajstić information content (AvgIpc) is 2.69. The van der Waals surface area contributed by atoms with Gasteiger partial charge in [-0.15, -0.1) is 0 Å². The van der Waals surface area contributed by atoms with Crippen molar-refractivity contribution in [2.75, 3.05) is 23.3 Å². The second-order valence-electron chi connectivity index (χ2n) is 5.95. The first kappa shape index (κ1) is 20.0. The van der Waals surface area contributed by atoms with Crippen LogP contribution in [0.1, 0.15) is 36.7 Å². The number of carbonyl (C=O) groups is 2. The molecule has 0 radical (unpaired) electrons. The van der Waals surface area contributed by atoms with Crippen LogP contribution in [0, 0.1) is 11.3 Å². The van der Waals surface area contributed by atoms with Crippen molar-refractivity contribution in [3.8, 4) is 6.07 Å². The van der Waals surface area contributed by atoms with Gasteiger partial charge in [0.2, 0.25) is 0 Å². The molecule has 0 aromatic heterocycles. The summed E-state index contributed by atoms with van der Waals surface area (Å²) in [5, 5.41) is 11.5. The summed E-state index contributed by atoms with van der Waals surface area (Å²) in [7, 11) is 0. The summed E-state index contributed by atoms with van der Waals surface area (Å²) < 4.78 is 5.25. The minimum atomic E-state index is -0.967. The highest BCUT2D eigenvalue weighted by atomic mass is 16.5. The smallest absolute Gasteiger partial charge is 0.338 e. The van der Waals surface area contributed by atoms with Gasteiger partial charge in [0.15, 0.2) is 6.10 Å². The fourth-order valence-electron chi connectivity index (χ4n) is 2.59. The Kier molecular flexibility index (Phi) is 6.95. The molecule has 0 unspecified atom stereocenters. The van der Waals surface area contributed by atoms with Crippen LogP contribution in [0.2, 0.25) is 0 Å². The Morgan fingerprint density at radius 2 is 1.81 bits per heavy atom. The zero-order chi connectivity index (χ0) is 19.8. The van der Waals surface area contributed by atoms with Gasteiger partial charge in [-0.2, -0.15) is 5.26 Å². The topological polar surface area (TPSA) is 82.4 Å². The number of amides is 1. The number of hydrogen-bond donors (Lipinski definition) is 1. The normalized spacial score (nSPS) is 11.2. The average molecular weight is 365 g/mol. The van der Waals surface area contributed by atoms with Crippen LogP contribution in [0.15, 0.2) is 48.5 Å². The lowest BCUT2D eigenvalue weighted by molar-refractivity contribution is -0.123. The Hall–Kier alpha value is -3.33. The van der Waals surface area contributed by atoms with Crippen molar-refractivity contribution in [3.05, 3.63) is 59.7 Å². The summed E-state index contributed by atoms with van der Waals surface area (Å²) in [6.45, 7) is 7.40. The van der Waals surface area contributed by atoms with Gasteiger partial charge < -0.3 is 15.0 Å². The maximum Gasteiger partial charge on any atom is 0.338 e. The Bertz CT molecular complexity index is 836. The van der Waals surface area contributed by atoms with Gasteiger partial charge in [-0.05, 0) is 63.2 Å². The molecule has 0 bridgehead atoms. The minimum Gasteiger partial charge on any atom is -0.449 e. The van der Waals surface area contributed by atoms with Crippen LogP contribution in [-0.2, 0) is 9.53 Å². The van der Waals surface area contributed by atoms with Crippen molar-refractivity contribution >= 4 is 23.3 Å². The summed E-state index contributed by atoms with van der Waals surface area (Å²) in [6, 6.07) is 15.6. The summed E-state index contributed by atoms with van der Waals surface area (Å²) in [5.41, 5.74) is 2.33. The molecule has 0 aliphatic carbocycles. The van der Waals surface area contributed by atoms with Crippen LogP contribution in [0.5, 0.6) is 0 Å². The molecule has 0 heterocycles. The molecule has 1 amide bonds. The van der Waals surface area contributed by atoms with Gasteiger partial charge in [0.05, 0.1) is 17.2 Å². The summed E-state index contributed by atoms with van der Waals surface area (Å²) in [5.74, 6) is -1.02. The van der Waals surface area contributed by atoms with Crippen LogP contribution in [0.25, 0.3) is 0 Å². The second kappa shape index (κ2) is 9.39. The maximum absolute atomic E-state index is 12.3. The van der Waals surface area contributed by atoms with E-state index in [0.29, 0.717) is 16.8 Å². The molecule has 0 fully saturated rings. The Labute approximate surface area is 159 Å². The third-order valence-electron chi connectivity index (χ3n) is 4.14. The summed E-state index contributed by atoms with van der Waals surface area (Å²) >= 11 is 0. The quantitative estimate of drug-likeness (QED) is 0.758. The van der Waals surface area contributed by atoms with Crippen molar-refractivity contribution in [2.24, 2.45) is 0 Å². The minimum absolute atomic E-state index is 0.386. The van der Waals surface area contributed by atoms with Crippen molar-refractivity contribution in [1.82, 2.24) is 0 Å². The monoisotopic (exact) mass is 365 g/mol. The Morgan fingerprint density at radius 1 is 1.15 bits per heavy atom. The van der Waals surface area contributed by atoms with E-state index in [2.05, 4.69) is 24.1 Å². The Morgan fingerprint density at radius 3 is 2.41 bits per heavy atom.